The Morgan fingerprint density at radius 3 is 3.08 bits per heavy atom. The monoisotopic (exact) mass is 178 g/mol. The molecule has 0 saturated heterocycles. The van der Waals surface area contributed by atoms with Gasteiger partial charge in [-0.05, 0) is 25.7 Å². The molecule has 1 N–H and O–H groups in total. The first-order valence-electron chi connectivity index (χ1n) is 4.78. The lowest BCUT2D eigenvalue weighted by molar-refractivity contribution is 0.658. The Hall–Kier alpha value is -1.25. The summed E-state index contributed by atoms with van der Waals surface area (Å²) in [6.07, 6.45) is 10.5. The summed E-state index contributed by atoms with van der Waals surface area (Å²) in [7, 11) is 0. The maximum Gasteiger partial charge on any atom is 0.325 e. The van der Waals surface area contributed by atoms with Crippen molar-refractivity contribution in [3.63, 3.8) is 0 Å². The fraction of sp³-hybridized carbons (Fsp3) is 0.500. The van der Waals surface area contributed by atoms with Gasteiger partial charge in [-0.1, -0.05) is 11.6 Å². The van der Waals surface area contributed by atoms with Crippen molar-refractivity contribution in [2.75, 3.05) is 0 Å². The smallest absolute Gasteiger partial charge is 0.313 e. The van der Waals surface area contributed by atoms with Crippen LogP contribution in [0.1, 0.15) is 25.7 Å². The lowest BCUT2D eigenvalue weighted by atomic mass is 10.2. The van der Waals surface area contributed by atoms with Crippen molar-refractivity contribution in [3.05, 3.63) is 34.5 Å². The molecule has 0 saturated carbocycles. The fourth-order valence-electron chi connectivity index (χ4n) is 1.75. The third-order valence-electron chi connectivity index (χ3n) is 2.53. The minimum absolute atomic E-state index is 0.00130. The van der Waals surface area contributed by atoms with E-state index in [9.17, 15) is 4.79 Å². The fourth-order valence-corrected chi connectivity index (χ4v) is 1.75. The highest BCUT2D eigenvalue weighted by molar-refractivity contribution is 5.07. The van der Waals surface area contributed by atoms with Crippen LogP contribution in [0.2, 0.25) is 0 Å². The number of allylic oxidation sites excluding steroid dienone is 2. The van der Waals surface area contributed by atoms with Crippen LogP contribution in [0.5, 0.6) is 0 Å². The first-order chi connectivity index (χ1) is 6.36. The molecule has 1 aliphatic rings. The van der Waals surface area contributed by atoms with Gasteiger partial charge in [-0.3, -0.25) is 4.57 Å². The van der Waals surface area contributed by atoms with E-state index in [1.54, 1.807) is 17.0 Å². The van der Waals surface area contributed by atoms with Gasteiger partial charge >= 0.3 is 5.69 Å². The van der Waals surface area contributed by atoms with Crippen LogP contribution in [0, 0.1) is 0 Å². The number of aromatic amines is 1. The minimum atomic E-state index is -0.00130. The van der Waals surface area contributed by atoms with Gasteiger partial charge in [0.2, 0.25) is 0 Å². The van der Waals surface area contributed by atoms with E-state index < -0.39 is 0 Å². The van der Waals surface area contributed by atoms with Gasteiger partial charge in [0.1, 0.15) is 0 Å². The summed E-state index contributed by atoms with van der Waals surface area (Å²) in [6, 6.07) is 0. The van der Waals surface area contributed by atoms with Crippen molar-refractivity contribution >= 4 is 0 Å². The van der Waals surface area contributed by atoms with Crippen molar-refractivity contribution < 1.29 is 0 Å². The van der Waals surface area contributed by atoms with E-state index in [-0.39, 0.29) is 5.69 Å². The van der Waals surface area contributed by atoms with Gasteiger partial charge in [0.25, 0.3) is 0 Å². The predicted octanol–water partition coefficient (Wildman–Crippen LogP) is 1.68. The lowest BCUT2D eigenvalue weighted by Crippen LogP contribution is -2.16. The number of hydrogen-bond donors (Lipinski definition) is 1. The van der Waals surface area contributed by atoms with E-state index in [1.165, 1.54) is 24.8 Å². The maximum absolute atomic E-state index is 11.1. The van der Waals surface area contributed by atoms with Gasteiger partial charge in [0.15, 0.2) is 0 Å². The molecule has 1 heterocycles. The molecule has 0 bridgehead atoms. The lowest BCUT2D eigenvalue weighted by Gasteiger charge is -2.01. The van der Waals surface area contributed by atoms with Crippen LogP contribution in [-0.2, 0) is 6.54 Å². The molecule has 0 aliphatic heterocycles. The molecule has 3 nitrogen and oxygen atoms in total. The number of nitrogens with zero attached hydrogens (tertiary/aromatic N) is 1. The molecule has 0 radical (unpaired) electrons. The zero-order chi connectivity index (χ0) is 9.10. The summed E-state index contributed by atoms with van der Waals surface area (Å²) in [4.78, 5) is 13.7. The quantitative estimate of drug-likeness (QED) is 0.702. The summed E-state index contributed by atoms with van der Waals surface area (Å²) in [5, 5.41) is 0. The molecular formula is C10H14N2O. The molecule has 0 unspecified atom stereocenters. The Morgan fingerprint density at radius 2 is 2.46 bits per heavy atom. The number of nitrogens with one attached hydrogen (secondary N) is 1. The van der Waals surface area contributed by atoms with E-state index in [4.69, 9.17) is 0 Å². The van der Waals surface area contributed by atoms with Crippen LogP contribution >= 0.6 is 0 Å². The zero-order valence-corrected chi connectivity index (χ0v) is 7.62. The normalized spacial score (nSPS) is 16.2. The van der Waals surface area contributed by atoms with Gasteiger partial charge < -0.3 is 4.98 Å². The van der Waals surface area contributed by atoms with E-state index in [0.717, 1.165) is 13.0 Å². The third kappa shape index (κ3) is 1.91. The van der Waals surface area contributed by atoms with Crippen molar-refractivity contribution in [3.8, 4) is 0 Å². The summed E-state index contributed by atoms with van der Waals surface area (Å²) < 4.78 is 1.72. The molecule has 13 heavy (non-hydrogen) atoms. The Kier molecular flexibility index (Phi) is 2.34. The highest BCUT2D eigenvalue weighted by Gasteiger charge is 2.04. The Bertz CT molecular complexity index is 359. The van der Waals surface area contributed by atoms with Gasteiger partial charge in [-0.25, -0.2) is 4.79 Å². The van der Waals surface area contributed by atoms with Crippen LogP contribution in [0.25, 0.3) is 0 Å². The van der Waals surface area contributed by atoms with Crippen molar-refractivity contribution in [1.29, 1.82) is 0 Å². The number of aryl methyl sites for hydroxylation is 1. The minimum Gasteiger partial charge on any atom is -0.313 e. The van der Waals surface area contributed by atoms with Crippen molar-refractivity contribution in [1.82, 2.24) is 9.55 Å². The first kappa shape index (κ1) is 8.35. The largest absolute Gasteiger partial charge is 0.325 e. The average molecular weight is 178 g/mol. The van der Waals surface area contributed by atoms with Crippen LogP contribution < -0.4 is 5.69 Å². The number of rotatable bonds is 3. The molecule has 1 aliphatic carbocycles. The number of H-pyrrole nitrogens is 1. The molecule has 0 amide bonds. The number of imidazole rings is 1. The van der Waals surface area contributed by atoms with Gasteiger partial charge in [0.05, 0.1) is 0 Å². The third-order valence-corrected chi connectivity index (χ3v) is 2.53. The van der Waals surface area contributed by atoms with E-state index in [2.05, 4.69) is 11.1 Å². The molecule has 1 aromatic heterocycles. The molecule has 0 spiro atoms. The Labute approximate surface area is 77.1 Å². The van der Waals surface area contributed by atoms with Crippen LogP contribution in [0.15, 0.2) is 28.8 Å². The van der Waals surface area contributed by atoms with E-state index >= 15 is 0 Å². The Morgan fingerprint density at radius 1 is 1.54 bits per heavy atom. The SMILES string of the molecule is O=c1[nH]ccn1CCC1=CCCC1. The summed E-state index contributed by atoms with van der Waals surface area (Å²) in [5.74, 6) is 0. The molecule has 0 aromatic carbocycles. The predicted molar refractivity (Wildman–Crippen MR) is 51.6 cm³/mol. The summed E-state index contributed by atoms with van der Waals surface area (Å²) in [5.41, 5.74) is 1.51. The molecular weight excluding hydrogens is 164 g/mol. The summed E-state index contributed by atoms with van der Waals surface area (Å²) in [6.45, 7) is 0.814. The van der Waals surface area contributed by atoms with Crippen LogP contribution in [0.4, 0.5) is 0 Å². The zero-order valence-electron chi connectivity index (χ0n) is 7.62. The standard InChI is InChI=1S/C10H14N2O/c13-10-11-6-8-12(10)7-5-9-3-1-2-4-9/h3,6,8H,1-2,4-5,7H2,(H,11,13). The molecule has 3 heteroatoms. The van der Waals surface area contributed by atoms with Crippen molar-refractivity contribution in [2.45, 2.75) is 32.2 Å². The average Bonchev–Trinajstić information content (AvgIpc) is 2.72. The second-order valence-electron chi connectivity index (χ2n) is 3.46. The molecule has 70 valence electrons. The van der Waals surface area contributed by atoms with Gasteiger partial charge in [-0.2, -0.15) is 0 Å². The van der Waals surface area contributed by atoms with E-state index in [1.807, 2.05) is 0 Å². The number of aromatic nitrogens is 2. The van der Waals surface area contributed by atoms with Crippen LogP contribution in [0.3, 0.4) is 0 Å². The molecule has 0 atom stereocenters. The highest BCUT2D eigenvalue weighted by atomic mass is 16.1. The second kappa shape index (κ2) is 3.64. The van der Waals surface area contributed by atoms with Crippen molar-refractivity contribution in [2.24, 2.45) is 0 Å². The maximum atomic E-state index is 11.1. The first-order valence-corrected chi connectivity index (χ1v) is 4.78. The summed E-state index contributed by atoms with van der Waals surface area (Å²) >= 11 is 0. The molecule has 0 fully saturated rings. The number of hydrogen-bond acceptors (Lipinski definition) is 1. The molecule has 1 aromatic rings. The van der Waals surface area contributed by atoms with Gasteiger partial charge in [0, 0.05) is 18.9 Å². The molecule has 2 rings (SSSR count). The van der Waals surface area contributed by atoms with Crippen LogP contribution in [-0.4, -0.2) is 9.55 Å². The van der Waals surface area contributed by atoms with Gasteiger partial charge in [-0.15, -0.1) is 0 Å². The Balaban J connectivity index is 1.93. The topological polar surface area (TPSA) is 37.8 Å². The van der Waals surface area contributed by atoms with E-state index in [0.29, 0.717) is 0 Å². The second-order valence-corrected chi connectivity index (χ2v) is 3.46. The highest BCUT2D eigenvalue weighted by Crippen LogP contribution is 2.20.